The highest BCUT2D eigenvalue weighted by molar-refractivity contribution is 7.98. The normalized spacial score (nSPS) is 10.5. The van der Waals surface area contributed by atoms with E-state index in [9.17, 15) is 18.4 Å². The fourth-order valence-corrected chi connectivity index (χ4v) is 3.04. The van der Waals surface area contributed by atoms with Gasteiger partial charge in [-0.2, -0.15) is 8.78 Å². The van der Waals surface area contributed by atoms with Gasteiger partial charge in [-0.1, -0.05) is 18.2 Å². The number of carbonyl (C=O) groups excluding carboxylic acids is 2. The SMILES string of the molecule is COc1cccc(C(=O)N(C)CC(=O)Nc2ccccc2SC)c1OC(F)F. The van der Waals surface area contributed by atoms with Crippen molar-refractivity contribution in [1.82, 2.24) is 4.90 Å². The van der Waals surface area contributed by atoms with Crippen LogP contribution in [0, 0.1) is 0 Å². The monoisotopic (exact) mass is 410 g/mol. The lowest BCUT2D eigenvalue weighted by atomic mass is 10.1. The second-order valence-electron chi connectivity index (χ2n) is 5.63. The summed E-state index contributed by atoms with van der Waals surface area (Å²) in [5.41, 5.74) is 0.503. The fraction of sp³-hybridized carbons (Fsp3) is 0.263. The van der Waals surface area contributed by atoms with Crippen LogP contribution in [-0.4, -0.2) is 50.3 Å². The number of ether oxygens (including phenoxy) is 2. The van der Waals surface area contributed by atoms with E-state index in [0.717, 1.165) is 9.80 Å². The molecule has 0 heterocycles. The van der Waals surface area contributed by atoms with Gasteiger partial charge in [-0.05, 0) is 30.5 Å². The van der Waals surface area contributed by atoms with Gasteiger partial charge in [0.2, 0.25) is 5.91 Å². The molecule has 0 aliphatic heterocycles. The molecule has 0 unspecified atom stereocenters. The van der Waals surface area contributed by atoms with Gasteiger partial charge in [0.1, 0.15) is 0 Å². The molecule has 28 heavy (non-hydrogen) atoms. The molecule has 0 aromatic heterocycles. The second kappa shape index (κ2) is 9.93. The first kappa shape index (κ1) is 21.5. The highest BCUT2D eigenvalue weighted by Crippen LogP contribution is 2.33. The molecule has 9 heteroatoms. The summed E-state index contributed by atoms with van der Waals surface area (Å²) < 4.78 is 34.9. The first-order valence-corrected chi connectivity index (χ1v) is 9.40. The number of rotatable bonds is 8. The van der Waals surface area contributed by atoms with Gasteiger partial charge in [0, 0.05) is 11.9 Å². The van der Waals surface area contributed by atoms with E-state index >= 15 is 0 Å². The molecule has 1 N–H and O–H groups in total. The molecule has 0 spiro atoms. The number of hydrogen-bond donors (Lipinski definition) is 1. The van der Waals surface area contributed by atoms with E-state index in [1.165, 1.54) is 44.1 Å². The maximum atomic E-state index is 12.7. The van der Waals surface area contributed by atoms with Crippen LogP contribution in [-0.2, 0) is 4.79 Å². The average molecular weight is 410 g/mol. The summed E-state index contributed by atoms with van der Waals surface area (Å²) in [7, 11) is 2.68. The first-order chi connectivity index (χ1) is 13.4. The summed E-state index contributed by atoms with van der Waals surface area (Å²) in [4.78, 5) is 27.0. The van der Waals surface area contributed by atoms with Crippen molar-refractivity contribution in [3.05, 3.63) is 48.0 Å². The van der Waals surface area contributed by atoms with E-state index in [1.807, 2.05) is 18.4 Å². The third-order valence-electron chi connectivity index (χ3n) is 3.74. The standard InChI is InChI=1S/C19H20F2N2O4S/c1-23(11-16(24)22-13-8-4-5-10-15(13)28-3)18(25)12-7-6-9-14(26-2)17(12)27-19(20)21/h4-10,19H,11H2,1-3H3,(H,22,24). The minimum Gasteiger partial charge on any atom is -0.493 e. The molecule has 2 aromatic carbocycles. The number of benzene rings is 2. The van der Waals surface area contributed by atoms with Crippen molar-refractivity contribution >= 4 is 29.3 Å². The van der Waals surface area contributed by atoms with E-state index in [4.69, 9.17) is 4.74 Å². The van der Waals surface area contributed by atoms with Crippen LogP contribution >= 0.6 is 11.8 Å². The Morgan fingerprint density at radius 1 is 1.18 bits per heavy atom. The zero-order valence-electron chi connectivity index (χ0n) is 15.6. The minimum absolute atomic E-state index is 0.00194. The molecule has 0 atom stereocenters. The van der Waals surface area contributed by atoms with Crippen molar-refractivity contribution in [2.45, 2.75) is 11.5 Å². The highest BCUT2D eigenvalue weighted by Gasteiger charge is 2.24. The number of methoxy groups -OCH3 is 1. The van der Waals surface area contributed by atoms with Crippen LogP contribution in [0.3, 0.4) is 0 Å². The lowest BCUT2D eigenvalue weighted by Gasteiger charge is -2.20. The smallest absolute Gasteiger partial charge is 0.387 e. The van der Waals surface area contributed by atoms with Gasteiger partial charge in [0.15, 0.2) is 11.5 Å². The molecule has 2 aromatic rings. The van der Waals surface area contributed by atoms with Gasteiger partial charge < -0.3 is 19.7 Å². The van der Waals surface area contributed by atoms with Crippen molar-refractivity contribution < 1.29 is 27.8 Å². The van der Waals surface area contributed by atoms with Crippen molar-refractivity contribution in [2.24, 2.45) is 0 Å². The Morgan fingerprint density at radius 2 is 1.89 bits per heavy atom. The third kappa shape index (κ3) is 5.35. The molecular formula is C19H20F2N2O4S. The topological polar surface area (TPSA) is 67.9 Å². The number of thioether (sulfide) groups is 1. The first-order valence-electron chi connectivity index (χ1n) is 8.17. The number of hydrogen-bond acceptors (Lipinski definition) is 5. The number of carbonyl (C=O) groups is 2. The summed E-state index contributed by atoms with van der Waals surface area (Å²) in [5.74, 6) is -1.44. The molecule has 0 fully saturated rings. The molecule has 0 aliphatic carbocycles. The number of nitrogens with zero attached hydrogens (tertiary/aromatic N) is 1. The third-order valence-corrected chi connectivity index (χ3v) is 4.54. The minimum atomic E-state index is -3.13. The number of para-hydroxylation sites is 2. The van der Waals surface area contributed by atoms with Crippen molar-refractivity contribution in [3.63, 3.8) is 0 Å². The lowest BCUT2D eigenvalue weighted by Crippen LogP contribution is -2.35. The van der Waals surface area contributed by atoms with Crippen molar-refractivity contribution in [1.29, 1.82) is 0 Å². The van der Waals surface area contributed by atoms with Gasteiger partial charge in [0.05, 0.1) is 24.9 Å². The molecular weight excluding hydrogens is 390 g/mol. The van der Waals surface area contributed by atoms with Gasteiger partial charge in [-0.15, -0.1) is 11.8 Å². The van der Waals surface area contributed by atoms with Gasteiger partial charge in [-0.3, -0.25) is 9.59 Å². The largest absolute Gasteiger partial charge is 0.493 e. The summed E-state index contributed by atoms with van der Waals surface area (Å²) >= 11 is 1.47. The molecule has 6 nitrogen and oxygen atoms in total. The van der Waals surface area contributed by atoms with E-state index in [2.05, 4.69) is 10.1 Å². The summed E-state index contributed by atoms with van der Waals surface area (Å²) in [6.45, 7) is -3.40. The summed E-state index contributed by atoms with van der Waals surface area (Å²) in [5, 5.41) is 2.74. The number of alkyl halides is 2. The van der Waals surface area contributed by atoms with Crippen LogP contribution < -0.4 is 14.8 Å². The van der Waals surface area contributed by atoms with E-state index in [-0.39, 0.29) is 23.6 Å². The molecule has 0 saturated carbocycles. The summed E-state index contributed by atoms with van der Waals surface area (Å²) in [6.07, 6.45) is 1.88. The quantitative estimate of drug-likeness (QED) is 0.672. The van der Waals surface area contributed by atoms with Gasteiger partial charge in [-0.25, -0.2) is 0 Å². The Labute approximate surface area is 165 Å². The highest BCUT2D eigenvalue weighted by atomic mass is 32.2. The van der Waals surface area contributed by atoms with Crippen LogP contribution in [0.15, 0.2) is 47.4 Å². The molecule has 0 aliphatic rings. The summed E-state index contributed by atoms with van der Waals surface area (Å²) in [6, 6.07) is 11.5. The van der Waals surface area contributed by atoms with Gasteiger partial charge in [0.25, 0.3) is 5.91 Å². The zero-order valence-corrected chi connectivity index (χ0v) is 16.4. The molecule has 0 radical (unpaired) electrons. The van der Waals surface area contributed by atoms with Crippen LogP contribution in [0.5, 0.6) is 11.5 Å². The maximum Gasteiger partial charge on any atom is 0.387 e. The maximum absolute atomic E-state index is 12.7. The van der Waals surface area contributed by atoms with Crippen LogP contribution in [0.25, 0.3) is 0 Å². The van der Waals surface area contributed by atoms with E-state index < -0.39 is 18.4 Å². The molecule has 2 rings (SSSR count). The van der Waals surface area contributed by atoms with E-state index in [0.29, 0.717) is 5.69 Å². The zero-order chi connectivity index (χ0) is 20.7. The Hall–Kier alpha value is -2.81. The number of halogens is 2. The average Bonchev–Trinajstić information content (AvgIpc) is 2.67. The number of anilines is 1. The van der Waals surface area contributed by atoms with Crippen molar-refractivity contribution in [3.8, 4) is 11.5 Å². The van der Waals surface area contributed by atoms with Crippen LogP contribution in [0.2, 0.25) is 0 Å². The Kier molecular flexibility index (Phi) is 7.62. The predicted molar refractivity (Wildman–Crippen MR) is 103 cm³/mol. The number of likely N-dealkylation sites (N-methyl/N-ethyl adjacent to an activating group) is 1. The molecule has 150 valence electrons. The molecule has 2 amide bonds. The Balaban J connectivity index is 2.15. The molecule has 0 saturated heterocycles. The van der Waals surface area contributed by atoms with E-state index in [1.54, 1.807) is 12.1 Å². The Bertz CT molecular complexity index is 848. The predicted octanol–water partition coefficient (Wildman–Crippen LogP) is 3.73. The second-order valence-corrected chi connectivity index (χ2v) is 6.47. The van der Waals surface area contributed by atoms with Crippen molar-refractivity contribution in [2.75, 3.05) is 32.3 Å². The van der Waals surface area contributed by atoms with Gasteiger partial charge >= 0.3 is 6.61 Å². The molecule has 0 bridgehead atoms. The van der Waals surface area contributed by atoms with Crippen LogP contribution in [0.4, 0.5) is 14.5 Å². The Morgan fingerprint density at radius 3 is 2.54 bits per heavy atom. The lowest BCUT2D eigenvalue weighted by molar-refractivity contribution is -0.116. The fourth-order valence-electron chi connectivity index (χ4n) is 2.49. The number of nitrogens with one attached hydrogen (secondary N) is 1. The van der Waals surface area contributed by atoms with Crippen LogP contribution in [0.1, 0.15) is 10.4 Å². The number of amides is 2.